The number of rotatable bonds is 3. The zero-order valence-corrected chi connectivity index (χ0v) is 12.1. The summed E-state index contributed by atoms with van der Waals surface area (Å²) in [7, 11) is 1.38. The van der Waals surface area contributed by atoms with E-state index in [1.807, 2.05) is 48.6 Å². The Morgan fingerprint density at radius 3 is 2.37 bits per heavy atom. The fourth-order valence-corrected chi connectivity index (χ4v) is 2.06. The third-order valence-electron chi connectivity index (χ3n) is 2.69. The number of carbonyl (C=O) groups excluding carboxylic acids is 1. The minimum atomic E-state index is -0.318. The maximum Gasteiger partial charge on any atom is 0.337 e. The van der Waals surface area contributed by atoms with Gasteiger partial charge in [-0.05, 0) is 29.3 Å². The number of esters is 1. The van der Waals surface area contributed by atoms with E-state index in [2.05, 4.69) is 20.7 Å². The molecule has 0 aromatic heterocycles. The molecule has 0 bridgehead atoms. The molecule has 0 saturated carbocycles. The molecule has 0 spiro atoms. The van der Waals surface area contributed by atoms with Crippen LogP contribution < -0.4 is 0 Å². The van der Waals surface area contributed by atoms with Crippen molar-refractivity contribution in [1.82, 2.24) is 0 Å². The molecule has 0 fully saturated rings. The van der Waals surface area contributed by atoms with Gasteiger partial charge in [-0.15, -0.1) is 0 Å². The molecule has 0 heterocycles. The van der Waals surface area contributed by atoms with Gasteiger partial charge < -0.3 is 4.74 Å². The second kappa shape index (κ2) is 6.34. The van der Waals surface area contributed by atoms with Crippen LogP contribution in [-0.2, 0) is 4.74 Å². The molecule has 2 aromatic rings. The van der Waals surface area contributed by atoms with E-state index in [4.69, 9.17) is 0 Å². The Hall–Kier alpha value is -1.87. The third kappa shape index (κ3) is 3.55. The Balaban J connectivity index is 2.16. The van der Waals surface area contributed by atoms with Crippen molar-refractivity contribution in [3.8, 4) is 0 Å². The van der Waals surface area contributed by atoms with Crippen LogP contribution in [0.5, 0.6) is 0 Å². The molecular formula is C16H13BrO2. The van der Waals surface area contributed by atoms with E-state index in [1.165, 1.54) is 7.11 Å². The first-order chi connectivity index (χ1) is 9.20. The number of hydrogen-bond donors (Lipinski definition) is 0. The van der Waals surface area contributed by atoms with Crippen LogP contribution in [0.15, 0.2) is 53.0 Å². The molecule has 2 rings (SSSR count). The summed E-state index contributed by atoms with van der Waals surface area (Å²) in [6.45, 7) is 0. The lowest BCUT2D eigenvalue weighted by atomic mass is 10.1. The van der Waals surface area contributed by atoms with Crippen molar-refractivity contribution in [1.29, 1.82) is 0 Å². The van der Waals surface area contributed by atoms with Crippen LogP contribution in [0.4, 0.5) is 0 Å². The highest BCUT2D eigenvalue weighted by molar-refractivity contribution is 9.10. The van der Waals surface area contributed by atoms with Crippen LogP contribution in [0.1, 0.15) is 21.5 Å². The Bertz CT molecular complexity index is 600. The van der Waals surface area contributed by atoms with Gasteiger partial charge in [0.1, 0.15) is 0 Å². The highest BCUT2D eigenvalue weighted by atomic mass is 79.9. The largest absolute Gasteiger partial charge is 0.465 e. The molecule has 0 aliphatic heterocycles. The van der Waals surface area contributed by atoms with Crippen LogP contribution in [-0.4, -0.2) is 13.1 Å². The second-order valence-electron chi connectivity index (χ2n) is 3.97. The van der Waals surface area contributed by atoms with Crippen molar-refractivity contribution < 1.29 is 9.53 Å². The Morgan fingerprint density at radius 2 is 1.74 bits per heavy atom. The molecular weight excluding hydrogens is 304 g/mol. The van der Waals surface area contributed by atoms with Gasteiger partial charge >= 0.3 is 5.97 Å². The number of methoxy groups -OCH3 is 1. The molecule has 19 heavy (non-hydrogen) atoms. The maximum atomic E-state index is 11.3. The first kappa shape index (κ1) is 13.6. The standard InChI is InChI=1S/C16H13BrO2/c1-19-16(18)14-10-7-12(8-11-14)6-9-13-4-2-3-5-15(13)17/h2-11H,1H3/b9-6+. The van der Waals surface area contributed by atoms with Crippen molar-refractivity contribution in [3.63, 3.8) is 0 Å². The topological polar surface area (TPSA) is 26.3 Å². The summed E-state index contributed by atoms with van der Waals surface area (Å²) in [5, 5.41) is 0. The van der Waals surface area contributed by atoms with Gasteiger partial charge in [-0.3, -0.25) is 0 Å². The zero-order valence-electron chi connectivity index (χ0n) is 10.5. The lowest BCUT2D eigenvalue weighted by Crippen LogP contribution is -2.00. The molecule has 0 aliphatic rings. The fourth-order valence-electron chi connectivity index (χ4n) is 1.64. The fraction of sp³-hybridized carbons (Fsp3) is 0.0625. The molecule has 0 aliphatic carbocycles. The normalized spacial score (nSPS) is 10.6. The van der Waals surface area contributed by atoms with Crippen LogP contribution >= 0.6 is 15.9 Å². The Kier molecular flexibility index (Phi) is 4.53. The van der Waals surface area contributed by atoms with Crippen molar-refractivity contribution in [2.45, 2.75) is 0 Å². The van der Waals surface area contributed by atoms with Crippen molar-refractivity contribution in [2.75, 3.05) is 7.11 Å². The third-order valence-corrected chi connectivity index (χ3v) is 3.41. The number of hydrogen-bond acceptors (Lipinski definition) is 2. The van der Waals surface area contributed by atoms with E-state index in [0.29, 0.717) is 5.56 Å². The monoisotopic (exact) mass is 316 g/mol. The summed E-state index contributed by atoms with van der Waals surface area (Å²) in [6, 6.07) is 15.3. The summed E-state index contributed by atoms with van der Waals surface area (Å²) in [5.41, 5.74) is 2.70. The summed E-state index contributed by atoms with van der Waals surface area (Å²) in [6.07, 6.45) is 4.03. The Labute approximate surface area is 120 Å². The SMILES string of the molecule is COC(=O)c1ccc(/C=C/c2ccccc2Br)cc1. The molecule has 3 heteroatoms. The maximum absolute atomic E-state index is 11.3. The number of ether oxygens (including phenoxy) is 1. The minimum Gasteiger partial charge on any atom is -0.465 e. The van der Waals surface area contributed by atoms with E-state index < -0.39 is 0 Å². The summed E-state index contributed by atoms with van der Waals surface area (Å²) in [4.78, 5) is 11.3. The average Bonchev–Trinajstić information content (AvgIpc) is 2.46. The number of carbonyl (C=O) groups is 1. The predicted molar refractivity (Wildman–Crippen MR) is 80.9 cm³/mol. The lowest BCUT2D eigenvalue weighted by Gasteiger charge is -2.00. The molecule has 0 atom stereocenters. The van der Waals surface area contributed by atoms with Crippen LogP contribution in [0, 0.1) is 0 Å². The van der Waals surface area contributed by atoms with Gasteiger partial charge in [-0.2, -0.15) is 0 Å². The van der Waals surface area contributed by atoms with Crippen LogP contribution in [0.25, 0.3) is 12.2 Å². The summed E-state index contributed by atoms with van der Waals surface area (Å²) >= 11 is 3.50. The summed E-state index contributed by atoms with van der Waals surface area (Å²) < 4.78 is 5.71. The van der Waals surface area contributed by atoms with Gasteiger partial charge in [0.05, 0.1) is 12.7 Å². The zero-order chi connectivity index (χ0) is 13.7. The molecule has 96 valence electrons. The second-order valence-corrected chi connectivity index (χ2v) is 4.82. The number of halogens is 1. The highest BCUT2D eigenvalue weighted by Crippen LogP contribution is 2.18. The molecule has 0 radical (unpaired) electrons. The van der Waals surface area contributed by atoms with E-state index >= 15 is 0 Å². The molecule has 0 amide bonds. The molecule has 2 nitrogen and oxygen atoms in total. The van der Waals surface area contributed by atoms with Gasteiger partial charge in [0, 0.05) is 4.47 Å². The number of benzene rings is 2. The van der Waals surface area contributed by atoms with Crippen molar-refractivity contribution >= 4 is 34.1 Å². The quantitative estimate of drug-likeness (QED) is 0.619. The van der Waals surface area contributed by atoms with E-state index in [-0.39, 0.29) is 5.97 Å². The van der Waals surface area contributed by atoms with Crippen LogP contribution in [0.2, 0.25) is 0 Å². The van der Waals surface area contributed by atoms with Crippen molar-refractivity contribution in [2.24, 2.45) is 0 Å². The lowest BCUT2D eigenvalue weighted by molar-refractivity contribution is 0.0601. The predicted octanol–water partition coefficient (Wildman–Crippen LogP) is 4.41. The molecule has 0 unspecified atom stereocenters. The van der Waals surface area contributed by atoms with Gasteiger partial charge in [-0.25, -0.2) is 4.79 Å². The Morgan fingerprint density at radius 1 is 1.05 bits per heavy atom. The van der Waals surface area contributed by atoms with E-state index in [1.54, 1.807) is 12.1 Å². The van der Waals surface area contributed by atoms with E-state index in [9.17, 15) is 4.79 Å². The minimum absolute atomic E-state index is 0.318. The highest BCUT2D eigenvalue weighted by Gasteiger charge is 2.03. The summed E-state index contributed by atoms with van der Waals surface area (Å²) in [5.74, 6) is -0.318. The van der Waals surface area contributed by atoms with Crippen LogP contribution in [0.3, 0.4) is 0 Å². The first-order valence-electron chi connectivity index (χ1n) is 5.81. The van der Waals surface area contributed by atoms with Gasteiger partial charge in [0.15, 0.2) is 0 Å². The van der Waals surface area contributed by atoms with Gasteiger partial charge in [0.2, 0.25) is 0 Å². The first-order valence-corrected chi connectivity index (χ1v) is 6.61. The molecule has 0 saturated heterocycles. The van der Waals surface area contributed by atoms with E-state index in [0.717, 1.165) is 15.6 Å². The average molecular weight is 317 g/mol. The molecule has 0 N–H and O–H groups in total. The van der Waals surface area contributed by atoms with Crippen molar-refractivity contribution in [3.05, 3.63) is 69.7 Å². The molecule has 2 aromatic carbocycles. The van der Waals surface area contributed by atoms with Gasteiger partial charge in [-0.1, -0.05) is 58.4 Å². The smallest absolute Gasteiger partial charge is 0.337 e. The van der Waals surface area contributed by atoms with Gasteiger partial charge in [0.25, 0.3) is 0 Å².